The maximum atomic E-state index is 11.1. The van der Waals surface area contributed by atoms with Crippen molar-refractivity contribution in [3.63, 3.8) is 0 Å². The number of aliphatic hydroxyl groups excluding tert-OH is 2. The Kier molecular flexibility index (Phi) is 5.19. The van der Waals surface area contributed by atoms with Gasteiger partial charge in [0, 0.05) is 19.6 Å². The number of aliphatic hydroxyl groups is 2. The minimum atomic E-state index is -0.495. The lowest BCUT2D eigenvalue weighted by atomic mass is 10.1. The number of fused-ring (bicyclic) bond motifs is 1. The summed E-state index contributed by atoms with van der Waals surface area (Å²) in [6.45, 7) is 1.41. The normalized spacial score (nSPS) is 13.2. The van der Waals surface area contributed by atoms with Crippen LogP contribution in [0, 0.1) is 0 Å². The zero-order chi connectivity index (χ0) is 14.5. The Morgan fingerprint density at radius 3 is 2.65 bits per heavy atom. The topological polar surface area (TPSA) is 89.7 Å². The molecule has 1 heterocycles. The third kappa shape index (κ3) is 3.61. The summed E-state index contributed by atoms with van der Waals surface area (Å²) in [6.07, 6.45) is 0. The van der Waals surface area contributed by atoms with Gasteiger partial charge in [-0.15, -0.1) is 11.6 Å². The van der Waals surface area contributed by atoms with Crippen LogP contribution in [0.4, 0.5) is 0 Å². The lowest BCUT2D eigenvalue weighted by Gasteiger charge is -2.23. The molecule has 2 aromatic rings. The van der Waals surface area contributed by atoms with E-state index in [-0.39, 0.29) is 18.6 Å². The molecule has 0 amide bonds. The third-order valence-electron chi connectivity index (χ3n) is 3.06. The predicted molar refractivity (Wildman–Crippen MR) is 76.0 cm³/mol. The quantitative estimate of drug-likeness (QED) is 0.655. The molecule has 110 valence electrons. The number of hydrogen-bond acceptors (Lipinski definition) is 5. The molecular formula is C13H17ClN2O4. The van der Waals surface area contributed by atoms with Crippen molar-refractivity contribution in [2.75, 3.05) is 32.8 Å². The molecule has 1 atom stereocenters. The van der Waals surface area contributed by atoms with E-state index in [1.165, 1.54) is 0 Å². The Labute approximate surface area is 120 Å². The molecule has 1 aromatic carbocycles. The molecule has 1 aromatic heterocycles. The average Bonchev–Trinajstić information content (AvgIpc) is 2.78. The highest BCUT2D eigenvalue weighted by atomic mass is 35.5. The summed E-state index contributed by atoms with van der Waals surface area (Å²) in [5.74, 6) is -0.495. The predicted octanol–water partition coefficient (Wildman–Crippen LogP) is 0.688. The number of H-pyrrole nitrogens is 1. The molecule has 1 unspecified atom stereocenters. The molecule has 0 spiro atoms. The Bertz CT molecular complexity index is 604. The molecule has 0 aliphatic carbocycles. The fourth-order valence-electron chi connectivity index (χ4n) is 2.07. The lowest BCUT2D eigenvalue weighted by Crippen LogP contribution is -2.32. The van der Waals surface area contributed by atoms with Crippen LogP contribution >= 0.6 is 11.6 Å². The average molecular weight is 301 g/mol. The number of halogens is 1. The fraction of sp³-hybridized carbons (Fsp3) is 0.462. The maximum absolute atomic E-state index is 11.1. The highest BCUT2D eigenvalue weighted by molar-refractivity contribution is 6.21. The van der Waals surface area contributed by atoms with Crippen LogP contribution in [0.25, 0.3) is 11.1 Å². The highest BCUT2D eigenvalue weighted by Crippen LogP contribution is 2.24. The Balaban J connectivity index is 2.12. The van der Waals surface area contributed by atoms with E-state index in [0.717, 1.165) is 5.56 Å². The van der Waals surface area contributed by atoms with Gasteiger partial charge in [-0.2, -0.15) is 0 Å². The summed E-state index contributed by atoms with van der Waals surface area (Å²) < 4.78 is 5.00. The molecule has 7 heteroatoms. The second-order valence-corrected chi connectivity index (χ2v) is 5.01. The first-order valence-electron chi connectivity index (χ1n) is 6.35. The summed E-state index contributed by atoms with van der Waals surface area (Å²) in [5.41, 5.74) is 1.92. The van der Waals surface area contributed by atoms with E-state index in [2.05, 4.69) is 4.98 Å². The fourth-order valence-corrected chi connectivity index (χ4v) is 2.40. The summed E-state index contributed by atoms with van der Waals surface area (Å²) >= 11 is 6.34. The first-order valence-corrected chi connectivity index (χ1v) is 6.78. The zero-order valence-corrected chi connectivity index (χ0v) is 11.6. The number of rotatable bonds is 7. The third-order valence-corrected chi connectivity index (χ3v) is 3.45. The first kappa shape index (κ1) is 15.1. The number of oxazole rings is 1. The second kappa shape index (κ2) is 6.90. The molecular weight excluding hydrogens is 284 g/mol. The van der Waals surface area contributed by atoms with Crippen molar-refractivity contribution in [3.8, 4) is 0 Å². The largest absolute Gasteiger partial charge is 0.417 e. The smallest absolute Gasteiger partial charge is 0.408 e. The van der Waals surface area contributed by atoms with Crippen molar-refractivity contribution in [2.45, 2.75) is 5.38 Å². The van der Waals surface area contributed by atoms with Crippen LogP contribution in [0.15, 0.2) is 27.4 Å². The van der Waals surface area contributed by atoms with Crippen LogP contribution in [-0.2, 0) is 0 Å². The van der Waals surface area contributed by atoms with Crippen molar-refractivity contribution >= 4 is 22.7 Å². The number of nitrogens with zero attached hydrogens (tertiary/aromatic N) is 1. The lowest BCUT2D eigenvalue weighted by molar-refractivity contribution is 0.161. The minimum Gasteiger partial charge on any atom is -0.408 e. The van der Waals surface area contributed by atoms with Gasteiger partial charge in [-0.05, 0) is 17.7 Å². The molecule has 0 aliphatic rings. The molecule has 0 saturated heterocycles. The number of alkyl halides is 1. The minimum absolute atomic E-state index is 0.00926. The molecule has 0 aliphatic heterocycles. The molecule has 0 saturated carbocycles. The van der Waals surface area contributed by atoms with Gasteiger partial charge < -0.3 is 14.6 Å². The van der Waals surface area contributed by atoms with Gasteiger partial charge >= 0.3 is 5.76 Å². The maximum Gasteiger partial charge on any atom is 0.417 e. The van der Waals surface area contributed by atoms with Gasteiger partial charge in [0.1, 0.15) is 0 Å². The molecule has 2 rings (SSSR count). The van der Waals surface area contributed by atoms with E-state index >= 15 is 0 Å². The van der Waals surface area contributed by atoms with Crippen LogP contribution < -0.4 is 5.76 Å². The van der Waals surface area contributed by atoms with Crippen molar-refractivity contribution in [2.24, 2.45) is 0 Å². The Morgan fingerprint density at radius 2 is 2.00 bits per heavy atom. The van der Waals surface area contributed by atoms with E-state index in [0.29, 0.717) is 30.7 Å². The van der Waals surface area contributed by atoms with Crippen LogP contribution in [0.5, 0.6) is 0 Å². The van der Waals surface area contributed by atoms with Crippen LogP contribution in [0.2, 0.25) is 0 Å². The molecule has 6 nitrogen and oxygen atoms in total. The van der Waals surface area contributed by atoms with Gasteiger partial charge in [0.15, 0.2) is 5.58 Å². The van der Waals surface area contributed by atoms with E-state index < -0.39 is 5.76 Å². The van der Waals surface area contributed by atoms with Crippen LogP contribution in [0.3, 0.4) is 0 Å². The van der Waals surface area contributed by atoms with Gasteiger partial charge in [-0.25, -0.2) is 4.79 Å². The summed E-state index contributed by atoms with van der Waals surface area (Å²) in [4.78, 5) is 15.5. The Hall–Kier alpha value is -1.34. The van der Waals surface area contributed by atoms with Crippen LogP contribution in [-0.4, -0.2) is 52.9 Å². The first-order chi connectivity index (χ1) is 9.63. The van der Waals surface area contributed by atoms with Crippen molar-refractivity contribution in [3.05, 3.63) is 34.3 Å². The van der Waals surface area contributed by atoms with Crippen molar-refractivity contribution < 1.29 is 14.6 Å². The van der Waals surface area contributed by atoms with Gasteiger partial charge in [0.25, 0.3) is 0 Å². The van der Waals surface area contributed by atoms with E-state index in [4.69, 9.17) is 26.2 Å². The highest BCUT2D eigenvalue weighted by Gasteiger charge is 2.14. The van der Waals surface area contributed by atoms with E-state index in [9.17, 15) is 4.79 Å². The number of aromatic nitrogens is 1. The van der Waals surface area contributed by atoms with E-state index in [1.54, 1.807) is 12.1 Å². The van der Waals surface area contributed by atoms with Gasteiger partial charge in [0.2, 0.25) is 0 Å². The summed E-state index contributed by atoms with van der Waals surface area (Å²) in [7, 11) is 0. The number of aromatic amines is 1. The van der Waals surface area contributed by atoms with Gasteiger partial charge in [-0.3, -0.25) is 9.88 Å². The van der Waals surface area contributed by atoms with Gasteiger partial charge in [-0.1, -0.05) is 6.07 Å². The molecule has 0 bridgehead atoms. The SMILES string of the molecule is O=c1[nH]c2ccc(C(Cl)CN(CCO)CCO)cc2o1. The van der Waals surface area contributed by atoms with Crippen molar-refractivity contribution in [1.82, 2.24) is 9.88 Å². The second-order valence-electron chi connectivity index (χ2n) is 4.49. The van der Waals surface area contributed by atoms with Crippen molar-refractivity contribution in [1.29, 1.82) is 0 Å². The number of benzene rings is 1. The van der Waals surface area contributed by atoms with Crippen LogP contribution in [0.1, 0.15) is 10.9 Å². The summed E-state index contributed by atoms with van der Waals surface area (Å²) in [6, 6.07) is 5.29. The molecule has 20 heavy (non-hydrogen) atoms. The molecule has 3 N–H and O–H groups in total. The van der Waals surface area contributed by atoms with E-state index in [1.807, 2.05) is 11.0 Å². The van der Waals surface area contributed by atoms with Gasteiger partial charge in [0.05, 0.1) is 24.1 Å². The summed E-state index contributed by atoms with van der Waals surface area (Å²) in [5, 5.41) is 17.6. The molecule has 0 fully saturated rings. The standard InChI is InChI=1S/C13H17ClN2O4/c14-10(8-16(3-5-17)4-6-18)9-1-2-11-12(7-9)20-13(19)15-11/h1-2,7,10,17-18H,3-6,8H2,(H,15,19). The number of hydrogen-bond donors (Lipinski definition) is 3. The zero-order valence-electron chi connectivity index (χ0n) is 10.9. The molecule has 0 radical (unpaired) electrons. The monoisotopic (exact) mass is 300 g/mol. The number of nitrogens with one attached hydrogen (secondary N) is 1. The Morgan fingerprint density at radius 1 is 1.30 bits per heavy atom.